The molecule has 0 aliphatic rings. The fraction of sp³-hybridized carbons (Fsp3) is 0.143. The van der Waals surface area contributed by atoms with Crippen molar-refractivity contribution >= 4 is 5.91 Å². The van der Waals surface area contributed by atoms with Gasteiger partial charge in [0.1, 0.15) is 0 Å². The highest BCUT2D eigenvalue weighted by molar-refractivity contribution is 5.87. The highest BCUT2D eigenvalue weighted by Crippen LogP contribution is 1.74. The van der Waals surface area contributed by atoms with E-state index in [-0.39, 0.29) is 5.91 Å². The lowest BCUT2D eigenvalue weighted by molar-refractivity contribution is -0.115. The molecule has 0 fully saturated rings. The van der Waals surface area contributed by atoms with Gasteiger partial charge in [-0.15, -0.1) is 6.58 Å². The molecule has 0 aromatic heterocycles. The maximum atomic E-state index is 10.5. The Morgan fingerprint density at radius 3 is 2.78 bits per heavy atom. The summed E-state index contributed by atoms with van der Waals surface area (Å²) in [7, 11) is 0. The predicted octanol–water partition coefficient (Wildman–Crippen LogP) is 1.03. The molecule has 0 spiro atoms. The molecule has 0 aromatic carbocycles. The van der Waals surface area contributed by atoms with Crippen molar-refractivity contribution < 1.29 is 4.79 Å². The van der Waals surface area contributed by atoms with Crippen molar-refractivity contribution in [1.29, 1.82) is 0 Å². The first kappa shape index (κ1) is 7.95. The molecule has 0 heterocycles. The van der Waals surface area contributed by atoms with Gasteiger partial charge < -0.3 is 5.32 Å². The van der Waals surface area contributed by atoms with E-state index in [9.17, 15) is 4.79 Å². The van der Waals surface area contributed by atoms with E-state index in [2.05, 4.69) is 11.9 Å². The molecule has 0 atom stereocenters. The first-order chi connectivity index (χ1) is 4.31. The van der Waals surface area contributed by atoms with Gasteiger partial charge in [-0.3, -0.25) is 4.79 Å². The Labute approximate surface area is 55.3 Å². The Kier molecular flexibility index (Phi) is 4.50. The Morgan fingerprint density at radius 1 is 1.67 bits per heavy atom. The van der Waals surface area contributed by atoms with E-state index in [0.717, 1.165) is 0 Å². The van der Waals surface area contributed by atoms with Gasteiger partial charge in [0.15, 0.2) is 0 Å². The van der Waals surface area contributed by atoms with E-state index in [4.69, 9.17) is 0 Å². The molecule has 0 saturated carbocycles. The number of hydrogen-bond donors (Lipinski definition) is 1. The molecule has 2 heteroatoms. The molecule has 1 radical (unpaired) electrons. The molecule has 0 unspecified atom stereocenters. The van der Waals surface area contributed by atoms with Crippen LogP contribution in [-0.4, -0.2) is 5.91 Å². The first-order valence-electron chi connectivity index (χ1n) is 2.68. The largest absolute Gasteiger partial charge is 0.344 e. The summed E-state index contributed by atoms with van der Waals surface area (Å²) in [6.45, 7) is 6.67. The second-order valence-corrected chi connectivity index (χ2v) is 1.41. The quantitative estimate of drug-likeness (QED) is 0.559. The Morgan fingerprint density at radius 2 is 2.33 bits per heavy atom. The van der Waals surface area contributed by atoms with E-state index in [1.807, 2.05) is 0 Å². The molecule has 49 valence electrons. The molecule has 1 N–H and O–H groups in total. The van der Waals surface area contributed by atoms with Gasteiger partial charge in [0.2, 0.25) is 5.91 Å². The van der Waals surface area contributed by atoms with E-state index in [1.165, 1.54) is 18.7 Å². The molecule has 2 nitrogen and oxygen atoms in total. The van der Waals surface area contributed by atoms with Gasteiger partial charge in [0.05, 0.1) is 6.54 Å². The zero-order valence-electron chi connectivity index (χ0n) is 5.42. The van der Waals surface area contributed by atoms with Gasteiger partial charge in [-0.1, -0.05) is 12.2 Å². The molecule has 0 bridgehead atoms. The molecule has 0 rings (SSSR count). The number of hydrogen-bond acceptors (Lipinski definition) is 1. The number of nitrogens with one attached hydrogen (secondary N) is 1. The second kappa shape index (κ2) is 5.09. The van der Waals surface area contributed by atoms with Crippen LogP contribution in [0.4, 0.5) is 0 Å². The number of carbonyl (C=O) groups is 1. The summed E-state index contributed by atoms with van der Waals surface area (Å²) in [6.07, 6.45) is 4.63. The standard InChI is InChI=1S/C7H10NO/c1-3-5-7(9)8-6-4-2/h3-6H,2H2,1H3,(H,8,9). The van der Waals surface area contributed by atoms with Crippen molar-refractivity contribution in [3.8, 4) is 0 Å². The third-order valence-corrected chi connectivity index (χ3v) is 0.661. The smallest absolute Gasteiger partial charge is 0.244 e. The summed E-state index contributed by atoms with van der Waals surface area (Å²) in [6, 6.07) is 0. The van der Waals surface area contributed by atoms with Gasteiger partial charge in [0, 0.05) is 0 Å². The van der Waals surface area contributed by atoms with Crippen molar-refractivity contribution in [3.63, 3.8) is 0 Å². The topological polar surface area (TPSA) is 29.1 Å². The van der Waals surface area contributed by atoms with Crippen LogP contribution in [0.25, 0.3) is 0 Å². The summed E-state index contributed by atoms with van der Waals surface area (Å²) in [5, 5.41) is 2.46. The second-order valence-electron chi connectivity index (χ2n) is 1.41. The molecular weight excluding hydrogens is 114 g/mol. The lowest BCUT2D eigenvalue weighted by Crippen LogP contribution is -2.15. The van der Waals surface area contributed by atoms with Crippen molar-refractivity contribution in [2.45, 2.75) is 6.92 Å². The molecule has 1 amide bonds. The number of carbonyl (C=O) groups excluding carboxylic acids is 1. The van der Waals surface area contributed by atoms with Crippen LogP contribution < -0.4 is 5.32 Å². The summed E-state index contributed by atoms with van der Waals surface area (Å²) >= 11 is 0. The minimum atomic E-state index is -0.127. The van der Waals surface area contributed by atoms with Gasteiger partial charge >= 0.3 is 0 Å². The van der Waals surface area contributed by atoms with Crippen LogP contribution in [0, 0.1) is 6.54 Å². The number of amides is 1. The minimum Gasteiger partial charge on any atom is -0.344 e. The van der Waals surface area contributed by atoms with Gasteiger partial charge in [-0.2, -0.15) is 0 Å². The summed E-state index contributed by atoms with van der Waals surface area (Å²) in [5.74, 6) is -0.127. The highest BCUT2D eigenvalue weighted by Gasteiger charge is 1.87. The lowest BCUT2D eigenvalue weighted by atomic mass is 10.5. The lowest BCUT2D eigenvalue weighted by Gasteiger charge is -1.91. The third-order valence-electron chi connectivity index (χ3n) is 0.661. The van der Waals surface area contributed by atoms with Crippen molar-refractivity contribution in [2.24, 2.45) is 0 Å². The molecular formula is C7H10NO. The normalized spacial score (nSPS) is 9.44. The van der Waals surface area contributed by atoms with E-state index in [1.54, 1.807) is 13.0 Å². The Balaban J connectivity index is 3.38. The average molecular weight is 124 g/mol. The summed E-state index contributed by atoms with van der Waals surface area (Å²) in [5.41, 5.74) is 0. The zero-order valence-corrected chi connectivity index (χ0v) is 5.42. The van der Waals surface area contributed by atoms with Crippen LogP contribution in [0.5, 0.6) is 0 Å². The van der Waals surface area contributed by atoms with Crippen LogP contribution >= 0.6 is 0 Å². The average Bonchev–Trinajstić information content (AvgIpc) is 1.85. The van der Waals surface area contributed by atoms with Crippen molar-refractivity contribution in [1.82, 2.24) is 5.32 Å². The van der Waals surface area contributed by atoms with Crippen LogP contribution in [0.3, 0.4) is 0 Å². The fourth-order valence-corrected chi connectivity index (χ4v) is 0.341. The molecule has 0 saturated heterocycles. The number of allylic oxidation sites excluding steroid dienone is 1. The molecule has 0 aliphatic heterocycles. The summed E-state index contributed by atoms with van der Waals surface area (Å²) in [4.78, 5) is 10.5. The van der Waals surface area contributed by atoms with Crippen molar-refractivity contribution in [3.05, 3.63) is 31.4 Å². The number of rotatable bonds is 3. The molecule has 9 heavy (non-hydrogen) atoms. The van der Waals surface area contributed by atoms with Crippen LogP contribution in [0.15, 0.2) is 24.8 Å². The molecule has 0 aliphatic carbocycles. The Bertz CT molecular complexity index is 127. The maximum Gasteiger partial charge on any atom is 0.244 e. The van der Waals surface area contributed by atoms with E-state index in [0.29, 0.717) is 0 Å². The SMILES string of the molecule is C=C[CH]NC(=O)C=CC. The van der Waals surface area contributed by atoms with E-state index >= 15 is 0 Å². The summed E-state index contributed by atoms with van der Waals surface area (Å²) < 4.78 is 0. The van der Waals surface area contributed by atoms with Gasteiger partial charge in [0.25, 0.3) is 0 Å². The molecule has 0 aromatic rings. The first-order valence-corrected chi connectivity index (χ1v) is 2.68. The monoisotopic (exact) mass is 124 g/mol. The zero-order chi connectivity index (χ0) is 7.11. The minimum absolute atomic E-state index is 0.127. The van der Waals surface area contributed by atoms with Crippen LogP contribution in [-0.2, 0) is 4.79 Å². The van der Waals surface area contributed by atoms with Gasteiger partial charge in [-0.25, -0.2) is 0 Å². The van der Waals surface area contributed by atoms with Gasteiger partial charge in [-0.05, 0) is 13.0 Å². The predicted molar refractivity (Wildman–Crippen MR) is 37.5 cm³/mol. The Hall–Kier alpha value is -1.05. The highest BCUT2D eigenvalue weighted by atomic mass is 16.1. The fourth-order valence-electron chi connectivity index (χ4n) is 0.341. The maximum absolute atomic E-state index is 10.5. The van der Waals surface area contributed by atoms with Crippen molar-refractivity contribution in [2.75, 3.05) is 0 Å². The van der Waals surface area contributed by atoms with E-state index < -0.39 is 0 Å². The van der Waals surface area contributed by atoms with Crippen LogP contribution in [0.1, 0.15) is 6.92 Å². The van der Waals surface area contributed by atoms with Crippen LogP contribution in [0.2, 0.25) is 0 Å². The third kappa shape index (κ3) is 4.81.